The molecule has 0 saturated carbocycles. The summed E-state index contributed by atoms with van der Waals surface area (Å²) in [5.41, 5.74) is 1.15. The van der Waals surface area contributed by atoms with Crippen molar-refractivity contribution < 1.29 is 4.74 Å². The van der Waals surface area contributed by atoms with E-state index in [-0.39, 0.29) is 5.54 Å². The van der Waals surface area contributed by atoms with E-state index in [9.17, 15) is 0 Å². The zero-order valence-electron chi connectivity index (χ0n) is 8.64. The lowest BCUT2D eigenvalue weighted by atomic mass is 10.1. The van der Waals surface area contributed by atoms with Gasteiger partial charge in [0.15, 0.2) is 0 Å². The second-order valence-electron chi connectivity index (χ2n) is 4.02. The molecule has 13 heavy (non-hydrogen) atoms. The van der Waals surface area contributed by atoms with E-state index in [1.165, 1.54) is 0 Å². The Hall–Kier alpha value is -1.18. The van der Waals surface area contributed by atoms with Crippen LogP contribution in [0.15, 0.2) is 18.2 Å². The molecular formula is C11H16NO. The van der Waals surface area contributed by atoms with Gasteiger partial charge in [-0.05, 0) is 39.0 Å². The highest BCUT2D eigenvalue weighted by molar-refractivity contribution is 5.47. The van der Waals surface area contributed by atoms with Gasteiger partial charge in [0.1, 0.15) is 5.75 Å². The van der Waals surface area contributed by atoms with Gasteiger partial charge in [0.25, 0.3) is 0 Å². The van der Waals surface area contributed by atoms with Crippen LogP contribution in [0.25, 0.3) is 0 Å². The Labute approximate surface area is 79.9 Å². The Morgan fingerprint density at radius 3 is 2.38 bits per heavy atom. The van der Waals surface area contributed by atoms with Crippen LogP contribution < -0.4 is 10.1 Å². The van der Waals surface area contributed by atoms with E-state index in [1.54, 1.807) is 7.11 Å². The molecule has 2 nitrogen and oxygen atoms in total. The molecule has 0 heterocycles. The molecule has 0 spiro atoms. The molecule has 1 aromatic rings. The summed E-state index contributed by atoms with van der Waals surface area (Å²) in [6.45, 7) is 6.37. The molecule has 1 N–H and O–H groups in total. The van der Waals surface area contributed by atoms with Crippen molar-refractivity contribution in [1.29, 1.82) is 0 Å². The second-order valence-corrected chi connectivity index (χ2v) is 4.02. The first-order valence-electron chi connectivity index (χ1n) is 4.35. The number of hydrogen-bond donors (Lipinski definition) is 1. The van der Waals surface area contributed by atoms with Crippen molar-refractivity contribution in [2.75, 3.05) is 12.4 Å². The van der Waals surface area contributed by atoms with E-state index in [0.29, 0.717) is 0 Å². The molecule has 0 unspecified atom stereocenters. The SMILES string of the molecule is COc1[c]cc(NC(C)(C)C)cc1. The molecular weight excluding hydrogens is 162 g/mol. The summed E-state index contributed by atoms with van der Waals surface area (Å²) in [4.78, 5) is 0. The maximum Gasteiger partial charge on any atom is 0.126 e. The molecule has 0 bridgehead atoms. The zero-order valence-corrected chi connectivity index (χ0v) is 8.64. The Kier molecular flexibility index (Phi) is 2.81. The molecule has 0 aliphatic heterocycles. The topological polar surface area (TPSA) is 21.3 Å². The minimum Gasteiger partial charge on any atom is -0.496 e. The highest BCUT2D eigenvalue weighted by Gasteiger charge is 2.08. The fraction of sp³-hybridized carbons (Fsp3) is 0.455. The van der Waals surface area contributed by atoms with Crippen molar-refractivity contribution in [3.05, 3.63) is 24.3 Å². The lowest BCUT2D eigenvalue weighted by Crippen LogP contribution is -2.25. The molecule has 0 fully saturated rings. The first-order valence-corrected chi connectivity index (χ1v) is 4.35. The summed E-state index contributed by atoms with van der Waals surface area (Å²) in [6, 6.07) is 8.80. The Morgan fingerprint density at radius 1 is 1.31 bits per heavy atom. The van der Waals surface area contributed by atoms with Crippen LogP contribution in [0.4, 0.5) is 5.69 Å². The van der Waals surface area contributed by atoms with Gasteiger partial charge in [0.05, 0.1) is 7.11 Å². The molecule has 0 amide bonds. The third kappa shape index (κ3) is 3.36. The van der Waals surface area contributed by atoms with Crippen LogP contribution in [0, 0.1) is 6.07 Å². The quantitative estimate of drug-likeness (QED) is 0.751. The number of hydrogen-bond acceptors (Lipinski definition) is 2. The monoisotopic (exact) mass is 178 g/mol. The number of ether oxygens (including phenoxy) is 1. The highest BCUT2D eigenvalue weighted by atomic mass is 16.5. The van der Waals surface area contributed by atoms with Crippen LogP contribution in [0.3, 0.4) is 0 Å². The maximum absolute atomic E-state index is 5.02. The molecule has 0 aliphatic carbocycles. The zero-order chi connectivity index (χ0) is 9.90. The number of methoxy groups -OCH3 is 1. The van der Waals surface area contributed by atoms with Crippen molar-refractivity contribution in [1.82, 2.24) is 0 Å². The lowest BCUT2D eigenvalue weighted by Gasteiger charge is -2.22. The standard InChI is InChI=1S/C11H16NO/c1-11(2,3)12-9-5-7-10(13-4)8-6-9/h5-7,12H,1-4H3. The molecule has 1 aromatic carbocycles. The molecule has 1 radical (unpaired) electrons. The van der Waals surface area contributed by atoms with Gasteiger partial charge in [-0.3, -0.25) is 0 Å². The smallest absolute Gasteiger partial charge is 0.126 e. The summed E-state index contributed by atoms with van der Waals surface area (Å²) < 4.78 is 5.02. The Morgan fingerprint density at radius 2 is 2.00 bits per heavy atom. The molecule has 71 valence electrons. The number of anilines is 1. The highest BCUT2D eigenvalue weighted by Crippen LogP contribution is 2.17. The van der Waals surface area contributed by atoms with E-state index < -0.39 is 0 Å². The van der Waals surface area contributed by atoms with Crippen molar-refractivity contribution in [2.24, 2.45) is 0 Å². The van der Waals surface area contributed by atoms with Crippen molar-refractivity contribution in [3.8, 4) is 5.75 Å². The minimum absolute atomic E-state index is 0.0857. The third-order valence-electron chi connectivity index (χ3n) is 1.52. The second kappa shape index (κ2) is 3.69. The molecule has 0 atom stereocenters. The summed E-state index contributed by atoms with van der Waals surface area (Å²) >= 11 is 0. The van der Waals surface area contributed by atoms with Gasteiger partial charge < -0.3 is 10.1 Å². The van der Waals surface area contributed by atoms with E-state index in [0.717, 1.165) is 11.4 Å². The molecule has 0 saturated heterocycles. The fourth-order valence-corrected chi connectivity index (χ4v) is 1.05. The van der Waals surface area contributed by atoms with Gasteiger partial charge in [-0.15, -0.1) is 0 Å². The van der Waals surface area contributed by atoms with Crippen molar-refractivity contribution in [3.63, 3.8) is 0 Å². The average molecular weight is 178 g/mol. The van der Waals surface area contributed by atoms with Crippen LogP contribution >= 0.6 is 0 Å². The van der Waals surface area contributed by atoms with E-state index >= 15 is 0 Å². The van der Waals surface area contributed by atoms with E-state index in [1.807, 2.05) is 18.2 Å². The first kappa shape index (κ1) is 9.90. The molecule has 0 aliphatic rings. The number of rotatable bonds is 2. The van der Waals surface area contributed by atoms with E-state index in [2.05, 4.69) is 32.2 Å². The van der Waals surface area contributed by atoms with Crippen LogP contribution in [0.2, 0.25) is 0 Å². The van der Waals surface area contributed by atoms with Gasteiger partial charge in [0.2, 0.25) is 0 Å². The third-order valence-corrected chi connectivity index (χ3v) is 1.52. The molecule has 1 rings (SSSR count). The maximum atomic E-state index is 5.02. The van der Waals surface area contributed by atoms with Gasteiger partial charge in [0, 0.05) is 17.3 Å². The van der Waals surface area contributed by atoms with Gasteiger partial charge >= 0.3 is 0 Å². The van der Waals surface area contributed by atoms with Gasteiger partial charge in [-0.2, -0.15) is 0 Å². The summed E-state index contributed by atoms with van der Waals surface area (Å²) in [5.74, 6) is 0.763. The normalized spacial score (nSPS) is 11.1. The summed E-state index contributed by atoms with van der Waals surface area (Å²) in [5, 5.41) is 3.35. The van der Waals surface area contributed by atoms with Crippen LogP contribution in [0.1, 0.15) is 20.8 Å². The van der Waals surface area contributed by atoms with Crippen LogP contribution in [0.5, 0.6) is 5.75 Å². The number of benzene rings is 1. The predicted octanol–water partition coefficient (Wildman–Crippen LogP) is 2.71. The van der Waals surface area contributed by atoms with Gasteiger partial charge in [-0.1, -0.05) is 0 Å². The minimum atomic E-state index is 0.0857. The molecule has 0 aromatic heterocycles. The van der Waals surface area contributed by atoms with Gasteiger partial charge in [-0.25, -0.2) is 0 Å². The van der Waals surface area contributed by atoms with Crippen molar-refractivity contribution in [2.45, 2.75) is 26.3 Å². The average Bonchev–Trinajstić information content (AvgIpc) is 2.03. The molecule has 2 heteroatoms. The summed E-state index contributed by atoms with van der Waals surface area (Å²) in [7, 11) is 1.64. The Balaban J connectivity index is 2.70. The Bertz CT molecular complexity index is 258. The fourth-order valence-electron chi connectivity index (χ4n) is 1.05. The lowest BCUT2D eigenvalue weighted by molar-refractivity contribution is 0.414. The predicted molar refractivity (Wildman–Crippen MR) is 55.2 cm³/mol. The summed E-state index contributed by atoms with van der Waals surface area (Å²) in [6.07, 6.45) is 0. The largest absolute Gasteiger partial charge is 0.496 e. The van der Waals surface area contributed by atoms with Crippen molar-refractivity contribution >= 4 is 5.69 Å². The van der Waals surface area contributed by atoms with Crippen LogP contribution in [-0.2, 0) is 0 Å². The first-order chi connectivity index (χ1) is 6.01. The number of nitrogens with one attached hydrogen (secondary N) is 1. The van der Waals surface area contributed by atoms with Crippen LogP contribution in [-0.4, -0.2) is 12.6 Å². The van der Waals surface area contributed by atoms with E-state index in [4.69, 9.17) is 4.74 Å².